The largest absolute Gasteiger partial charge is 0.341 e. The number of carbonyl (C=O) groups is 1. The van der Waals surface area contributed by atoms with E-state index in [1.807, 2.05) is 6.92 Å². The fourth-order valence-corrected chi connectivity index (χ4v) is 3.52. The van der Waals surface area contributed by atoms with Crippen molar-refractivity contribution in [3.8, 4) is 0 Å². The highest BCUT2D eigenvalue weighted by Gasteiger charge is 2.23. The number of sulfonamides is 1. The van der Waals surface area contributed by atoms with Crippen molar-refractivity contribution in [2.24, 2.45) is 5.73 Å². The number of hydrogen-bond acceptors (Lipinski definition) is 4. The zero-order valence-corrected chi connectivity index (χ0v) is 13.1. The number of amides is 1. The number of nitrogens with zero attached hydrogens (tertiary/aromatic N) is 1. The summed E-state index contributed by atoms with van der Waals surface area (Å²) in [6, 6.07) is -0.506. The molecule has 0 aromatic carbocycles. The summed E-state index contributed by atoms with van der Waals surface area (Å²) in [5.41, 5.74) is 5.86. The third-order valence-electron chi connectivity index (χ3n) is 3.52. The summed E-state index contributed by atoms with van der Waals surface area (Å²) < 4.78 is 25.7. The molecule has 1 amide bonds. The first-order valence-corrected chi connectivity index (χ1v) is 9.13. The fraction of sp³-hybridized carbons (Fsp3) is 0.923. The average molecular weight is 305 g/mol. The number of rotatable bonds is 9. The molecule has 0 bridgehead atoms. The van der Waals surface area contributed by atoms with Gasteiger partial charge in [0.25, 0.3) is 0 Å². The molecule has 1 saturated heterocycles. The van der Waals surface area contributed by atoms with Crippen LogP contribution in [0.5, 0.6) is 0 Å². The first-order chi connectivity index (χ1) is 9.46. The molecule has 0 aliphatic carbocycles. The minimum Gasteiger partial charge on any atom is -0.341 e. The first kappa shape index (κ1) is 17.4. The van der Waals surface area contributed by atoms with Crippen LogP contribution in [0.25, 0.3) is 0 Å². The van der Waals surface area contributed by atoms with Crippen LogP contribution in [0.4, 0.5) is 0 Å². The lowest BCUT2D eigenvalue weighted by Crippen LogP contribution is -2.42. The minimum atomic E-state index is -3.16. The van der Waals surface area contributed by atoms with Crippen molar-refractivity contribution in [3.63, 3.8) is 0 Å². The summed E-state index contributed by atoms with van der Waals surface area (Å²) in [7, 11) is -3.16. The van der Waals surface area contributed by atoms with Gasteiger partial charge in [-0.3, -0.25) is 4.79 Å². The van der Waals surface area contributed by atoms with Crippen molar-refractivity contribution < 1.29 is 13.2 Å². The Hall–Kier alpha value is -0.660. The van der Waals surface area contributed by atoms with Crippen LogP contribution in [-0.4, -0.2) is 50.7 Å². The summed E-state index contributed by atoms with van der Waals surface area (Å²) in [4.78, 5) is 13.7. The molecule has 118 valence electrons. The number of hydrogen-bond donors (Lipinski definition) is 2. The monoisotopic (exact) mass is 305 g/mol. The quantitative estimate of drug-likeness (QED) is 0.604. The van der Waals surface area contributed by atoms with Gasteiger partial charge in [0.15, 0.2) is 0 Å². The Morgan fingerprint density at radius 1 is 1.30 bits per heavy atom. The second kappa shape index (κ2) is 8.59. The van der Waals surface area contributed by atoms with Crippen molar-refractivity contribution in [1.82, 2.24) is 9.62 Å². The molecule has 1 rings (SSSR count). The van der Waals surface area contributed by atoms with E-state index in [4.69, 9.17) is 5.73 Å². The van der Waals surface area contributed by atoms with Crippen LogP contribution in [0, 0.1) is 0 Å². The SMILES string of the molecule is CCCCS(=O)(=O)NCCCC(N)C(=O)N1CCCC1. The van der Waals surface area contributed by atoms with Crippen molar-refractivity contribution >= 4 is 15.9 Å². The lowest BCUT2D eigenvalue weighted by molar-refractivity contribution is -0.131. The second-order valence-corrected chi connectivity index (χ2v) is 7.27. The van der Waals surface area contributed by atoms with E-state index < -0.39 is 16.1 Å². The van der Waals surface area contributed by atoms with Gasteiger partial charge < -0.3 is 10.6 Å². The van der Waals surface area contributed by atoms with E-state index in [9.17, 15) is 13.2 Å². The maximum atomic E-state index is 11.9. The van der Waals surface area contributed by atoms with Gasteiger partial charge in [-0.25, -0.2) is 13.1 Å². The third kappa shape index (κ3) is 6.19. The van der Waals surface area contributed by atoms with E-state index in [0.29, 0.717) is 25.8 Å². The molecule has 1 unspecified atom stereocenters. The Kier molecular flexibility index (Phi) is 7.47. The van der Waals surface area contributed by atoms with Crippen LogP contribution in [0.3, 0.4) is 0 Å². The number of carbonyl (C=O) groups excluding carboxylic acids is 1. The third-order valence-corrected chi connectivity index (χ3v) is 4.99. The smallest absolute Gasteiger partial charge is 0.239 e. The molecule has 1 aliphatic heterocycles. The van der Waals surface area contributed by atoms with Gasteiger partial charge in [0.05, 0.1) is 11.8 Å². The van der Waals surface area contributed by atoms with Crippen molar-refractivity contribution in [3.05, 3.63) is 0 Å². The number of nitrogens with two attached hydrogens (primary N) is 1. The number of unbranched alkanes of at least 4 members (excludes halogenated alkanes) is 1. The molecule has 1 heterocycles. The summed E-state index contributed by atoms with van der Waals surface area (Å²) in [5.74, 6) is 0.166. The van der Waals surface area contributed by atoms with E-state index in [1.54, 1.807) is 4.90 Å². The van der Waals surface area contributed by atoms with Crippen LogP contribution >= 0.6 is 0 Å². The van der Waals surface area contributed by atoms with Crippen molar-refractivity contribution in [1.29, 1.82) is 0 Å². The Balaban J connectivity index is 2.18. The fourth-order valence-electron chi connectivity index (χ4n) is 2.25. The van der Waals surface area contributed by atoms with Crippen molar-refractivity contribution in [2.45, 2.75) is 51.5 Å². The Morgan fingerprint density at radius 2 is 1.95 bits per heavy atom. The molecule has 1 fully saturated rings. The van der Waals surface area contributed by atoms with E-state index >= 15 is 0 Å². The molecular weight excluding hydrogens is 278 g/mol. The summed E-state index contributed by atoms with van der Waals surface area (Å²) in [5, 5.41) is 0. The van der Waals surface area contributed by atoms with Gasteiger partial charge in [0.1, 0.15) is 0 Å². The molecule has 0 aromatic rings. The zero-order chi connectivity index (χ0) is 15.0. The van der Waals surface area contributed by atoms with Gasteiger partial charge >= 0.3 is 0 Å². The Labute approximate surface area is 122 Å². The topological polar surface area (TPSA) is 92.5 Å². The maximum absolute atomic E-state index is 11.9. The summed E-state index contributed by atoms with van der Waals surface area (Å²) >= 11 is 0. The van der Waals surface area contributed by atoms with Gasteiger partial charge in [0, 0.05) is 19.6 Å². The molecule has 0 saturated carbocycles. The van der Waals surface area contributed by atoms with Gasteiger partial charge in [0.2, 0.25) is 15.9 Å². The maximum Gasteiger partial charge on any atom is 0.239 e. The molecule has 6 nitrogen and oxygen atoms in total. The van der Waals surface area contributed by atoms with E-state index in [-0.39, 0.29) is 11.7 Å². The van der Waals surface area contributed by atoms with Crippen LogP contribution in [0.1, 0.15) is 45.4 Å². The standard InChI is InChI=1S/C13H27N3O3S/c1-2-3-11-20(18,19)15-8-6-7-12(14)13(17)16-9-4-5-10-16/h12,15H,2-11,14H2,1H3. The molecule has 1 atom stereocenters. The highest BCUT2D eigenvalue weighted by Crippen LogP contribution is 2.10. The van der Waals surface area contributed by atoms with E-state index in [1.165, 1.54) is 0 Å². The lowest BCUT2D eigenvalue weighted by atomic mass is 10.1. The predicted molar refractivity (Wildman–Crippen MR) is 79.7 cm³/mol. The molecule has 0 radical (unpaired) electrons. The Morgan fingerprint density at radius 3 is 2.55 bits per heavy atom. The molecule has 0 spiro atoms. The van der Waals surface area contributed by atoms with Gasteiger partial charge in [-0.1, -0.05) is 13.3 Å². The highest BCUT2D eigenvalue weighted by atomic mass is 32.2. The minimum absolute atomic E-state index is 0.00339. The highest BCUT2D eigenvalue weighted by molar-refractivity contribution is 7.89. The van der Waals surface area contributed by atoms with Gasteiger partial charge in [-0.15, -0.1) is 0 Å². The zero-order valence-electron chi connectivity index (χ0n) is 12.3. The summed E-state index contributed by atoms with van der Waals surface area (Å²) in [6.45, 7) is 3.91. The lowest BCUT2D eigenvalue weighted by Gasteiger charge is -2.20. The first-order valence-electron chi connectivity index (χ1n) is 7.48. The molecular formula is C13H27N3O3S. The van der Waals surface area contributed by atoms with Gasteiger partial charge in [-0.05, 0) is 32.1 Å². The molecule has 20 heavy (non-hydrogen) atoms. The average Bonchev–Trinajstić information content (AvgIpc) is 2.94. The molecule has 7 heteroatoms. The van der Waals surface area contributed by atoms with Gasteiger partial charge in [-0.2, -0.15) is 0 Å². The van der Waals surface area contributed by atoms with Crippen LogP contribution in [0.15, 0.2) is 0 Å². The van der Waals surface area contributed by atoms with Crippen LogP contribution in [-0.2, 0) is 14.8 Å². The molecule has 3 N–H and O–H groups in total. The van der Waals surface area contributed by atoms with E-state index in [0.717, 1.165) is 32.4 Å². The van der Waals surface area contributed by atoms with Crippen LogP contribution in [0.2, 0.25) is 0 Å². The second-order valence-electron chi connectivity index (χ2n) is 5.35. The number of nitrogens with one attached hydrogen (secondary N) is 1. The molecule has 0 aromatic heterocycles. The van der Waals surface area contributed by atoms with Crippen LogP contribution < -0.4 is 10.5 Å². The Bertz CT molecular complexity index is 392. The predicted octanol–water partition coefficient (Wildman–Crippen LogP) is 0.436. The normalized spacial score (nSPS) is 17.4. The summed E-state index contributed by atoms with van der Waals surface area (Å²) in [6.07, 6.45) is 4.74. The molecule has 1 aliphatic rings. The number of likely N-dealkylation sites (tertiary alicyclic amines) is 1. The van der Waals surface area contributed by atoms with E-state index in [2.05, 4.69) is 4.72 Å². The van der Waals surface area contributed by atoms with Crippen molar-refractivity contribution in [2.75, 3.05) is 25.4 Å².